The van der Waals surface area contributed by atoms with Gasteiger partial charge in [-0.1, -0.05) is 18.2 Å². The smallest absolute Gasteiger partial charge is 0.253 e. The van der Waals surface area contributed by atoms with Crippen LogP contribution in [0.5, 0.6) is 11.5 Å². The number of nitrogens with zero attached hydrogens (tertiary/aromatic N) is 6. The Balaban J connectivity index is 1.22. The Morgan fingerprint density at radius 1 is 1.03 bits per heavy atom. The SMILES string of the molecule is CCn1nnnc1-c1cccc(C(=O)N2CCN(Cc3ccc4c(c3)OCO4)CC2)c1. The first-order valence-corrected chi connectivity index (χ1v) is 10.5. The number of aromatic nitrogens is 4. The fourth-order valence-electron chi connectivity index (χ4n) is 4.00. The molecule has 0 unspecified atom stereocenters. The minimum Gasteiger partial charge on any atom is -0.454 e. The third kappa shape index (κ3) is 3.96. The first kappa shape index (κ1) is 19.5. The van der Waals surface area contributed by atoms with Crippen LogP contribution in [0.25, 0.3) is 11.4 Å². The Kier molecular flexibility index (Phi) is 5.25. The Hall–Kier alpha value is -3.46. The number of amides is 1. The second-order valence-electron chi connectivity index (χ2n) is 7.66. The summed E-state index contributed by atoms with van der Waals surface area (Å²) >= 11 is 0. The summed E-state index contributed by atoms with van der Waals surface area (Å²) in [6.07, 6.45) is 0. The average Bonchev–Trinajstić information content (AvgIpc) is 3.48. The van der Waals surface area contributed by atoms with E-state index in [1.807, 2.05) is 48.2 Å². The van der Waals surface area contributed by atoms with Gasteiger partial charge in [-0.2, -0.15) is 0 Å². The molecule has 1 fully saturated rings. The van der Waals surface area contributed by atoms with E-state index in [-0.39, 0.29) is 12.7 Å². The summed E-state index contributed by atoms with van der Waals surface area (Å²) in [6, 6.07) is 13.6. The van der Waals surface area contributed by atoms with Gasteiger partial charge in [-0.05, 0) is 47.2 Å². The van der Waals surface area contributed by atoms with Crippen molar-refractivity contribution in [3.05, 3.63) is 53.6 Å². The molecule has 2 aliphatic rings. The molecule has 0 N–H and O–H groups in total. The molecular weight excluding hydrogens is 396 g/mol. The number of hydrogen-bond acceptors (Lipinski definition) is 7. The zero-order valence-corrected chi connectivity index (χ0v) is 17.4. The zero-order valence-electron chi connectivity index (χ0n) is 17.4. The molecule has 0 aliphatic carbocycles. The van der Waals surface area contributed by atoms with Gasteiger partial charge in [0.2, 0.25) is 6.79 Å². The van der Waals surface area contributed by atoms with Gasteiger partial charge >= 0.3 is 0 Å². The van der Waals surface area contributed by atoms with E-state index in [2.05, 4.69) is 26.5 Å². The predicted molar refractivity (Wildman–Crippen MR) is 113 cm³/mol. The number of ether oxygens (including phenoxy) is 2. The van der Waals surface area contributed by atoms with Crippen LogP contribution in [-0.2, 0) is 13.1 Å². The largest absolute Gasteiger partial charge is 0.454 e. The van der Waals surface area contributed by atoms with E-state index in [1.165, 1.54) is 5.56 Å². The number of hydrogen-bond donors (Lipinski definition) is 0. The molecule has 3 aromatic rings. The standard InChI is InChI=1S/C22H24N6O3/c1-2-28-21(23-24-25-28)17-4-3-5-18(13-17)22(29)27-10-8-26(9-11-27)14-16-6-7-19-20(12-16)31-15-30-19/h3-7,12-13H,2,8-11,14-15H2,1H3. The van der Waals surface area contributed by atoms with Crippen molar-refractivity contribution >= 4 is 5.91 Å². The molecule has 0 bridgehead atoms. The van der Waals surface area contributed by atoms with Crippen molar-refractivity contribution in [1.82, 2.24) is 30.0 Å². The van der Waals surface area contributed by atoms with Gasteiger partial charge in [0, 0.05) is 50.4 Å². The summed E-state index contributed by atoms with van der Waals surface area (Å²) in [4.78, 5) is 17.4. The Bertz CT molecular complexity index is 1090. The maximum Gasteiger partial charge on any atom is 0.253 e. The van der Waals surface area contributed by atoms with Crippen LogP contribution >= 0.6 is 0 Å². The Morgan fingerprint density at radius 3 is 2.71 bits per heavy atom. The van der Waals surface area contributed by atoms with Crippen LogP contribution in [0, 0.1) is 0 Å². The second-order valence-corrected chi connectivity index (χ2v) is 7.66. The minimum absolute atomic E-state index is 0.0418. The number of benzene rings is 2. The van der Waals surface area contributed by atoms with E-state index in [1.54, 1.807) is 4.68 Å². The third-order valence-electron chi connectivity index (χ3n) is 5.70. The van der Waals surface area contributed by atoms with E-state index in [0.29, 0.717) is 31.0 Å². The van der Waals surface area contributed by atoms with Gasteiger partial charge < -0.3 is 14.4 Å². The van der Waals surface area contributed by atoms with Crippen LogP contribution in [-0.4, -0.2) is 68.9 Å². The van der Waals surface area contributed by atoms with Crippen LogP contribution in [0.2, 0.25) is 0 Å². The van der Waals surface area contributed by atoms with Crippen molar-refractivity contribution in [2.75, 3.05) is 33.0 Å². The maximum absolute atomic E-state index is 13.1. The number of aryl methyl sites for hydroxylation is 1. The minimum atomic E-state index is 0.0418. The van der Waals surface area contributed by atoms with Crippen molar-refractivity contribution in [2.45, 2.75) is 20.0 Å². The molecule has 0 spiro atoms. The fourth-order valence-corrected chi connectivity index (χ4v) is 4.00. The highest BCUT2D eigenvalue weighted by atomic mass is 16.7. The molecule has 9 heteroatoms. The quantitative estimate of drug-likeness (QED) is 0.624. The molecule has 9 nitrogen and oxygen atoms in total. The van der Waals surface area contributed by atoms with Gasteiger partial charge in [0.15, 0.2) is 17.3 Å². The summed E-state index contributed by atoms with van der Waals surface area (Å²) in [5, 5.41) is 11.8. The monoisotopic (exact) mass is 420 g/mol. The van der Waals surface area contributed by atoms with E-state index >= 15 is 0 Å². The zero-order chi connectivity index (χ0) is 21.2. The summed E-state index contributed by atoms with van der Waals surface area (Å²) < 4.78 is 12.6. The molecule has 0 atom stereocenters. The van der Waals surface area contributed by atoms with Gasteiger partial charge in [0.1, 0.15) is 0 Å². The Labute approximate surface area is 180 Å². The topological polar surface area (TPSA) is 85.6 Å². The van der Waals surface area contributed by atoms with E-state index in [9.17, 15) is 4.79 Å². The lowest BCUT2D eigenvalue weighted by Crippen LogP contribution is -2.48. The summed E-state index contributed by atoms with van der Waals surface area (Å²) in [6.45, 7) is 6.81. The highest BCUT2D eigenvalue weighted by Gasteiger charge is 2.23. The van der Waals surface area contributed by atoms with E-state index in [0.717, 1.165) is 36.7 Å². The Morgan fingerprint density at radius 2 is 1.87 bits per heavy atom. The summed E-state index contributed by atoms with van der Waals surface area (Å²) in [7, 11) is 0. The lowest BCUT2D eigenvalue weighted by Gasteiger charge is -2.34. The molecule has 31 heavy (non-hydrogen) atoms. The van der Waals surface area contributed by atoms with Crippen molar-refractivity contribution in [3.63, 3.8) is 0 Å². The normalized spacial score (nSPS) is 16.0. The molecule has 5 rings (SSSR count). The highest BCUT2D eigenvalue weighted by Crippen LogP contribution is 2.32. The van der Waals surface area contributed by atoms with Crippen molar-refractivity contribution in [1.29, 1.82) is 0 Å². The third-order valence-corrected chi connectivity index (χ3v) is 5.70. The van der Waals surface area contributed by atoms with Crippen LogP contribution in [0.1, 0.15) is 22.8 Å². The molecule has 2 aliphatic heterocycles. The molecule has 1 amide bonds. The lowest BCUT2D eigenvalue weighted by atomic mass is 10.1. The van der Waals surface area contributed by atoms with E-state index < -0.39 is 0 Å². The maximum atomic E-state index is 13.1. The first-order chi connectivity index (χ1) is 15.2. The summed E-state index contributed by atoms with van der Waals surface area (Å²) in [5.74, 6) is 2.32. The molecule has 1 aromatic heterocycles. The van der Waals surface area contributed by atoms with Gasteiger partial charge in [-0.25, -0.2) is 4.68 Å². The molecule has 160 valence electrons. The number of rotatable bonds is 5. The predicted octanol–water partition coefficient (Wildman–Crippen LogP) is 2.05. The highest BCUT2D eigenvalue weighted by molar-refractivity contribution is 5.95. The number of fused-ring (bicyclic) bond motifs is 1. The fraction of sp³-hybridized carbons (Fsp3) is 0.364. The molecule has 0 saturated carbocycles. The lowest BCUT2D eigenvalue weighted by molar-refractivity contribution is 0.0628. The van der Waals surface area contributed by atoms with E-state index in [4.69, 9.17) is 9.47 Å². The number of carbonyl (C=O) groups is 1. The van der Waals surface area contributed by atoms with Crippen molar-refractivity contribution < 1.29 is 14.3 Å². The van der Waals surface area contributed by atoms with Crippen LogP contribution in [0.3, 0.4) is 0 Å². The number of carbonyl (C=O) groups excluding carboxylic acids is 1. The van der Waals surface area contributed by atoms with Crippen LogP contribution in [0.4, 0.5) is 0 Å². The molecular formula is C22H24N6O3. The molecule has 1 saturated heterocycles. The van der Waals surface area contributed by atoms with Gasteiger partial charge in [0.05, 0.1) is 0 Å². The van der Waals surface area contributed by atoms with Crippen molar-refractivity contribution in [2.24, 2.45) is 0 Å². The number of piperazine rings is 1. The number of tetrazole rings is 1. The molecule has 0 radical (unpaired) electrons. The molecule has 3 heterocycles. The second kappa shape index (κ2) is 8.35. The molecule has 2 aromatic carbocycles. The van der Waals surface area contributed by atoms with Crippen molar-refractivity contribution in [3.8, 4) is 22.9 Å². The summed E-state index contributed by atoms with van der Waals surface area (Å²) in [5.41, 5.74) is 2.69. The van der Waals surface area contributed by atoms with Gasteiger partial charge in [0.25, 0.3) is 5.91 Å². The van der Waals surface area contributed by atoms with Gasteiger partial charge in [-0.3, -0.25) is 9.69 Å². The average molecular weight is 420 g/mol. The van der Waals surface area contributed by atoms with Crippen LogP contribution < -0.4 is 9.47 Å². The first-order valence-electron chi connectivity index (χ1n) is 10.5. The van der Waals surface area contributed by atoms with Crippen LogP contribution in [0.15, 0.2) is 42.5 Å². The van der Waals surface area contributed by atoms with Gasteiger partial charge in [-0.15, -0.1) is 5.10 Å².